The van der Waals surface area contributed by atoms with Gasteiger partial charge in [0.05, 0.1) is 12.0 Å². The van der Waals surface area contributed by atoms with Crippen molar-refractivity contribution in [1.82, 2.24) is 9.55 Å². The van der Waals surface area contributed by atoms with Crippen molar-refractivity contribution in [3.63, 3.8) is 0 Å². The van der Waals surface area contributed by atoms with Crippen molar-refractivity contribution in [1.29, 1.82) is 0 Å². The van der Waals surface area contributed by atoms with Crippen LogP contribution in [0.15, 0.2) is 12.5 Å². The molecule has 0 aliphatic carbocycles. The van der Waals surface area contributed by atoms with E-state index in [2.05, 4.69) is 4.98 Å². The first-order valence-electron chi connectivity index (χ1n) is 3.33. The minimum absolute atomic E-state index is 0.310. The van der Waals surface area contributed by atoms with Gasteiger partial charge in [-0.05, 0) is 18.0 Å². The van der Waals surface area contributed by atoms with Crippen LogP contribution in [0.4, 0.5) is 0 Å². The molecule has 1 aromatic rings. The molecule has 0 saturated heterocycles. The Morgan fingerprint density at radius 1 is 1.82 bits per heavy atom. The minimum atomic E-state index is -0.310. The van der Waals surface area contributed by atoms with Gasteiger partial charge < -0.3 is 4.57 Å². The van der Waals surface area contributed by atoms with E-state index >= 15 is 0 Å². The quantitative estimate of drug-likeness (QED) is 0.641. The third-order valence-electron chi connectivity index (χ3n) is 1.34. The first-order valence-corrected chi connectivity index (χ1v) is 3.71. The van der Waals surface area contributed by atoms with Crippen LogP contribution >= 0.6 is 11.6 Å². The van der Waals surface area contributed by atoms with Crippen molar-refractivity contribution in [3.8, 4) is 0 Å². The van der Waals surface area contributed by atoms with E-state index in [0.717, 1.165) is 5.69 Å². The highest BCUT2D eigenvalue weighted by Crippen LogP contribution is 2.00. The molecule has 11 heavy (non-hydrogen) atoms. The SMILES string of the molecule is Cn1cnc(CCC(=O)Cl)c1. The Bertz CT molecular complexity index is 257. The van der Waals surface area contributed by atoms with Gasteiger partial charge in [-0.3, -0.25) is 4.79 Å². The van der Waals surface area contributed by atoms with Gasteiger partial charge >= 0.3 is 0 Å². The van der Waals surface area contributed by atoms with Crippen LogP contribution in [0.1, 0.15) is 12.1 Å². The second kappa shape index (κ2) is 3.53. The zero-order chi connectivity index (χ0) is 8.27. The van der Waals surface area contributed by atoms with E-state index in [1.165, 1.54) is 0 Å². The molecule has 4 heteroatoms. The van der Waals surface area contributed by atoms with Crippen molar-refractivity contribution >= 4 is 16.8 Å². The van der Waals surface area contributed by atoms with Gasteiger partial charge in [0.2, 0.25) is 5.24 Å². The molecule has 0 fully saturated rings. The molecular weight excluding hydrogens is 164 g/mol. The van der Waals surface area contributed by atoms with E-state index in [0.29, 0.717) is 12.8 Å². The lowest BCUT2D eigenvalue weighted by Gasteiger charge is -1.89. The van der Waals surface area contributed by atoms with E-state index in [4.69, 9.17) is 11.6 Å². The summed E-state index contributed by atoms with van der Waals surface area (Å²) < 4.78 is 1.84. The molecule has 1 rings (SSSR count). The number of halogens is 1. The van der Waals surface area contributed by atoms with Crippen LogP contribution in [-0.4, -0.2) is 14.8 Å². The van der Waals surface area contributed by atoms with E-state index in [-0.39, 0.29) is 5.24 Å². The number of imidazole rings is 1. The van der Waals surface area contributed by atoms with Crippen LogP contribution < -0.4 is 0 Å². The molecule has 0 aliphatic rings. The molecule has 0 spiro atoms. The van der Waals surface area contributed by atoms with Gasteiger partial charge in [-0.2, -0.15) is 0 Å². The number of aryl methyl sites for hydroxylation is 2. The largest absolute Gasteiger partial charge is 0.340 e. The average Bonchev–Trinajstić information content (AvgIpc) is 2.31. The van der Waals surface area contributed by atoms with Crippen molar-refractivity contribution in [2.24, 2.45) is 7.05 Å². The van der Waals surface area contributed by atoms with Crippen LogP contribution in [-0.2, 0) is 18.3 Å². The number of carbonyl (C=O) groups is 1. The first-order chi connectivity index (χ1) is 5.18. The van der Waals surface area contributed by atoms with E-state index in [1.54, 1.807) is 6.33 Å². The third-order valence-corrected chi connectivity index (χ3v) is 1.53. The number of hydrogen-bond acceptors (Lipinski definition) is 2. The highest BCUT2D eigenvalue weighted by Gasteiger charge is 1.99. The minimum Gasteiger partial charge on any atom is -0.340 e. The lowest BCUT2D eigenvalue weighted by Crippen LogP contribution is -1.91. The predicted molar refractivity (Wildman–Crippen MR) is 42.4 cm³/mol. The van der Waals surface area contributed by atoms with Crippen LogP contribution in [0.5, 0.6) is 0 Å². The number of aromatic nitrogens is 2. The molecule has 0 aliphatic heterocycles. The summed E-state index contributed by atoms with van der Waals surface area (Å²) >= 11 is 5.16. The van der Waals surface area contributed by atoms with Gasteiger partial charge in [0.15, 0.2) is 0 Å². The summed E-state index contributed by atoms with van der Waals surface area (Å²) in [5.74, 6) is 0. The molecule has 0 atom stereocenters. The maximum absolute atomic E-state index is 10.4. The maximum Gasteiger partial charge on any atom is 0.222 e. The zero-order valence-corrected chi connectivity index (χ0v) is 7.01. The molecule has 0 amide bonds. The van der Waals surface area contributed by atoms with Gasteiger partial charge in [0.25, 0.3) is 0 Å². The van der Waals surface area contributed by atoms with Gasteiger partial charge in [-0.1, -0.05) is 0 Å². The van der Waals surface area contributed by atoms with E-state index in [9.17, 15) is 4.79 Å². The Hall–Kier alpha value is -0.830. The standard InChI is InChI=1S/C7H9ClN2O/c1-10-4-6(9-5-10)2-3-7(8)11/h4-5H,2-3H2,1H3. The molecular formula is C7H9ClN2O. The van der Waals surface area contributed by atoms with Crippen LogP contribution in [0.2, 0.25) is 0 Å². The Morgan fingerprint density at radius 2 is 2.55 bits per heavy atom. The molecule has 0 aromatic carbocycles. The summed E-state index contributed by atoms with van der Waals surface area (Å²) in [6.45, 7) is 0. The molecule has 0 radical (unpaired) electrons. The average molecular weight is 173 g/mol. The van der Waals surface area contributed by atoms with Crippen LogP contribution in [0, 0.1) is 0 Å². The van der Waals surface area contributed by atoms with E-state index in [1.807, 2.05) is 17.8 Å². The summed E-state index contributed by atoms with van der Waals surface area (Å²) in [4.78, 5) is 14.4. The fourth-order valence-corrected chi connectivity index (χ4v) is 0.917. The van der Waals surface area contributed by atoms with Gasteiger partial charge in [0, 0.05) is 19.7 Å². The lowest BCUT2D eigenvalue weighted by atomic mass is 10.3. The molecule has 1 heterocycles. The summed E-state index contributed by atoms with van der Waals surface area (Å²) in [7, 11) is 1.89. The fraction of sp³-hybridized carbons (Fsp3) is 0.429. The zero-order valence-electron chi connectivity index (χ0n) is 6.25. The number of carbonyl (C=O) groups excluding carboxylic acids is 1. The van der Waals surface area contributed by atoms with Gasteiger partial charge in [0.1, 0.15) is 0 Å². The van der Waals surface area contributed by atoms with Gasteiger partial charge in [-0.15, -0.1) is 0 Å². The number of rotatable bonds is 3. The smallest absolute Gasteiger partial charge is 0.222 e. The summed E-state index contributed by atoms with van der Waals surface area (Å²) in [6, 6.07) is 0. The summed E-state index contributed by atoms with van der Waals surface area (Å²) in [5.41, 5.74) is 0.904. The second-order valence-corrected chi connectivity index (χ2v) is 2.81. The Labute approximate surface area is 70.0 Å². The van der Waals surface area contributed by atoms with Crippen molar-refractivity contribution in [2.75, 3.05) is 0 Å². The molecule has 3 nitrogen and oxygen atoms in total. The molecule has 0 saturated carbocycles. The Morgan fingerprint density at radius 3 is 3.00 bits per heavy atom. The van der Waals surface area contributed by atoms with Crippen molar-refractivity contribution < 1.29 is 4.79 Å². The Balaban J connectivity index is 2.45. The molecule has 0 unspecified atom stereocenters. The first kappa shape index (κ1) is 8.27. The van der Waals surface area contributed by atoms with Crippen LogP contribution in [0.25, 0.3) is 0 Å². The number of nitrogens with zero attached hydrogens (tertiary/aromatic N) is 2. The monoisotopic (exact) mass is 172 g/mol. The third kappa shape index (κ3) is 2.72. The second-order valence-electron chi connectivity index (χ2n) is 2.39. The topological polar surface area (TPSA) is 34.9 Å². The maximum atomic E-state index is 10.4. The fourth-order valence-electron chi connectivity index (χ4n) is 0.822. The summed E-state index contributed by atoms with van der Waals surface area (Å²) in [6.07, 6.45) is 4.57. The lowest BCUT2D eigenvalue weighted by molar-refractivity contribution is -0.111. The highest BCUT2D eigenvalue weighted by atomic mass is 35.5. The van der Waals surface area contributed by atoms with Crippen LogP contribution in [0.3, 0.4) is 0 Å². The normalized spacial score (nSPS) is 10.0. The Kier molecular flexibility index (Phi) is 2.65. The molecule has 0 bridgehead atoms. The molecule has 1 aromatic heterocycles. The van der Waals surface area contributed by atoms with Gasteiger partial charge in [-0.25, -0.2) is 4.98 Å². The molecule has 60 valence electrons. The van der Waals surface area contributed by atoms with Crippen molar-refractivity contribution in [2.45, 2.75) is 12.8 Å². The molecule has 0 N–H and O–H groups in total. The summed E-state index contributed by atoms with van der Waals surface area (Å²) in [5, 5.41) is -0.310. The van der Waals surface area contributed by atoms with E-state index < -0.39 is 0 Å². The number of hydrogen-bond donors (Lipinski definition) is 0. The van der Waals surface area contributed by atoms with Crippen molar-refractivity contribution in [3.05, 3.63) is 18.2 Å². The highest BCUT2D eigenvalue weighted by molar-refractivity contribution is 6.63. The predicted octanol–water partition coefficient (Wildman–Crippen LogP) is 1.12.